The van der Waals surface area contributed by atoms with Crippen LogP contribution in [0, 0.1) is 0 Å². The number of primary sulfonamides is 1. The highest BCUT2D eigenvalue weighted by molar-refractivity contribution is 9.10. The lowest BCUT2D eigenvalue weighted by molar-refractivity contribution is 0.597. The third-order valence-corrected chi connectivity index (χ3v) is 5.16. The minimum absolute atomic E-state index is 0.0297. The highest BCUT2D eigenvalue weighted by atomic mass is 79.9. The number of hydrogen-bond donors (Lipinski definition) is 1. The Morgan fingerprint density at radius 1 is 1.10 bits per heavy atom. The van der Waals surface area contributed by atoms with E-state index in [1.165, 1.54) is 6.07 Å². The Bertz CT molecular complexity index is 763. The van der Waals surface area contributed by atoms with Gasteiger partial charge < -0.3 is 0 Å². The summed E-state index contributed by atoms with van der Waals surface area (Å²) in [6.07, 6.45) is 0.355. The molecule has 106 valence electrons. The molecule has 7 heteroatoms. The van der Waals surface area contributed by atoms with Gasteiger partial charge in [-0.15, -0.1) is 0 Å². The van der Waals surface area contributed by atoms with Gasteiger partial charge in [0.1, 0.15) is 4.90 Å². The maximum absolute atomic E-state index is 11.7. The molecule has 20 heavy (non-hydrogen) atoms. The molecule has 0 aliphatic carbocycles. The molecule has 0 aliphatic heterocycles. The minimum Gasteiger partial charge on any atom is -0.225 e. The van der Waals surface area contributed by atoms with E-state index in [9.17, 15) is 8.42 Å². The molecule has 0 saturated heterocycles. The fourth-order valence-electron chi connectivity index (χ4n) is 1.91. The standard InChI is InChI=1S/C13H10BrCl2NO2S/c14-11-4-2-1-3-8(11)5-9-6-10(15)7-12(16)13(9)20(17,18)19/h1-4,6-7H,5H2,(H2,17,18,19). The SMILES string of the molecule is NS(=O)(=O)c1c(Cl)cc(Cl)cc1Cc1ccccc1Br. The number of nitrogens with two attached hydrogens (primary N) is 1. The van der Waals surface area contributed by atoms with Crippen molar-refractivity contribution in [3.63, 3.8) is 0 Å². The van der Waals surface area contributed by atoms with Crippen molar-refractivity contribution >= 4 is 49.2 Å². The second-order valence-corrected chi connectivity index (χ2v) is 7.39. The fourth-order valence-corrected chi connectivity index (χ4v) is 4.02. The minimum atomic E-state index is -3.92. The molecule has 0 aromatic heterocycles. The van der Waals surface area contributed by atoms with Crippen molar-refractivity contribution in [2.45, 2.75) is 11.3 Å². The number of benzene rings is 2. The fraction of sp³-hybridized carbons (Fsp3) is 0.0769. The zero-order valence-corrected chi connectivity index (χ0v) is 14.0. The molecular formula is C13H10BrCl2NO2S. The first kappa shape index (κ1) is 15.8. The summed E-state index contributed by atoms with van der Waals surface area (Å²) < 4.78 is 24.3. The van der Waals surface area contributed by atoms with Crippen molar-refractivity contribution in [1.82, 2.24) is 0 Å². The molecular weight excluding hydrogens is 385 g/mol. The third kappa shape index (κ3) is 3.54. The molecule has 0 atom stereocenters. The topological polar surface area (TPSA) is 60.2 Å². The quantitative estimate of drug-likeness (QED) is 0.855. The molecule has 3 nitrogen and oxygen atoms in total. The lowest BCUT2D eigenvalue weighted by atomic mass is 10.1. The molecule has 2 aromatic rings. The van der Waals surface area contributed by atoms with Crippen LogP contribution < -0.4 is 5.14 Å². The van der Waals surface area contributed by atoms with E-state index in [1.54, 1.807) is 6.07 Å². The molecule has 0 radical (unpaired) electrons. The van der Waals surface area contributed by atoms with Crippen LogP contribution in [0.15, 0.2) is 45.8 Å². The van der Waals surface area contributed by atoms with Crippen molar-refractivity contribution in [2.24, 2.45) is 5.14 Å². The van der Waals surface area contributed by atoms with E-state index in [0.717, 1.165) is 10.0 Å². The van der Waals surface area contributed by atoms with Crippen LogP contribution in [0.25, 0.3) is 0 Å². The lowest BCUT2D eigenvalue weighted by Gasteiger charge is -2.11. The van der Waals surface area contributed by atoms with Gasteiger partial charge in [-0.2, -0.15) is 0 Å². The first-order chi connectivity index (χ1) is 9.29. The van der Waals surface area contributed by atoms with E-state index < -0.39 is 10.0 Å². The van der Waals surface area contributed by atoms with Gasteiger partial charge in [0.05, 0.1) is 5.02 Å². The lowest BCUT2D eigenvalue weighted by Crippen LogP contribution is -2.15. The zero-order valence-electron chi connectivity index (χ0n) is 10.1. The summed E-state index contributed by atoms with van der Waals surface area (Å²) in [6.45, 7) is 0. The van der Waals surface area contributed by atoms with Crippen molar-refractivity contribution in [1.29, 1.82) is 0 Å². The highest BCUT2D eigenvalue weighted by Gasteiger charge is 2.20. The molecule has 0 saturated carbocycles. The van der Waals surface area contributed by atoms with Crippen LogP contribution in [0.5, 0.6) is 0 Å². The van der Waals surface area contributed by atoms with Crippen LogP contribution in [0.1, 0.15) is 11.1 Å². The van der Waals surface area contributed by atoms with Crippen LogP contribution in [0.4, 0.5) is 0 Å². The summed E-state index contributed by atoms with van der Waals surface area (Å²) in [6, 6.07) is 10.4. The third-order valence-electron chi connectivity index (χ3n) is 2.71. The number of halogens is 3. The Labute approximate surface area is 135 Å². The van der Waals surface area contributed by atoms with Crippen LogP contribution in [-0.2, 0) is 16.4 Å². The first-order valence-corrected chi connectivity index (χ1v) is 8.62. The van der Waals surface area contributed by atoms with Crippen molar-refractivity contribution in [3.8, 4) is 0 Å². The molecule has 0 heterocycles. The van der Waals surface area contributed by atoms with Gasteiger partial charge in [0.15, 0.2) is 0 Å². The van der Waals surface area contributed by atoms with Gasteiger partial charge in [0.25, 0.3) is 0 Å². The molecule has 0 spiro atoms. The Kier molecular flexibility index (Phi) is 4.76. The van der Waals surface area contributed by atoms with E-state index in [2.05, 4.69) is 15.9 Å². The first-order valence-electron chi connectivity index (χ1n) is 5.53. The van der Waals surface area contributed by atoms with Gasteiger partial charge in [0.2, 0.25) is 10.0 Å². The van der Waals surface area contributed by atoms with Gasteiger partial charge in [-0.1, -0.05) is 57.3 Å². The van der Waals surface area contributed by atoms with Crippen LogP contribution in [0.2, 0.25) is 10.0 Å². The summed E-state index contributed by atoms with van der Waals surface area (Å²) in [4.78, 5) is -0.0840. The number of sulfonamides is 1. The van der Waals surface area contributed by atoms with Crippen molar-refractivity contribution < 1.29 is 8.42 Å². The summed E-state index contributed by atoms with van der Waals surface area (Å²) in [5.74, 6) is 0. The average molecular weight is 395 g/mol. The van der Waals surface area contributed by atoms with E-state index in [1.807, 2.05) is 24.3 Å². The summed E-state index contributed by atoms with van der Waals surface area (Å²) in [5.41, 5.74) is 1.38. The maximum Gasteiger partial charge on any atom is 0.239 e. The zero-order chi connectivity index (χ0) is 14.9. The highest BCUT2D eigenvalue weighted by Crippen LogP contribution is 2.31. The largest absolute Gasteiger partial charge is 0.239 e. The monoisotopic (exact) mass is 393 g/mol. The molecule has 0 fully saturated rings. The summed E-state index contributed by atoms with van der Waals surface area (Å²) in [7, 11) is -3.92. The Morgan fingerprint density at radius 2 is 1.75 bits per heavy atom. The molecule has 0 aliphatic rings. The van der Waals surface area contributed by atoms with Gasteiger partial charge in [-0.25, -0.2) is 13.6 Å². The second-order valence-electron chi connectivity index (χ2n) is 4.19. The van der Waals surface area contributed by atoms with Crippen LogP contribution in [0.3, 0.4) is 0 Å². The maximum atomic E-state index is 11.7. The van der Waals surface area contributed by atoms with Crippen molar-refractivity contribution in [3.05, 3.63) is 62.0 Å². The van der Waals surface area contributed by atoms with E-state index in [4.69, 9.17) is 28.3 Å². The molecule has 2 N–H and O–H groups in total. The number of hydrogen-bond acceptors (Lipinski definition) is 2. The second kappa shape index (κ2) is 6.03. The summed E-state index contributed by atoms with van der Waals surface area (Å²) >= 11 is 15.3. The molecule has 2 aromatic carbocycles. The van der Waals surface area contributed by atoms with Crippen LogP contribution >= 0.6 is 39.1 Å². The Balaban J connectivity index is 2.60. The van der Waals surface area contributed by atoms with E-state index in [-0.39, 0.29) is 9.92 Å². The Hall–Kier alpha value is -0.590. The van der Waals surface area contributed by atoms with Crippen LogP contribution in [-0.4, -0.2) is 8.42 Å². The summed E-state index contributed by atoms with van der Waals surface area (Å²) in [5, 5.41) is 5.63. The van der Waals surface area contributed by atoms with E-state index >= 15 is 0 Å². The molecule has 0 unspecified atom stereocenters. The predicted molar refractivity (Wildman–Crippen MR) is 84.8 cm³/mol. The van der Waals surface area contributed by atoms with Gasteiger partial charge in [0, 0.05) is 9.50 Å². The normalized spacial score (nSPS) is 11.6. The molecule has 0 amide bonds. The average Bonchev–Trinajstić information content (AvgIpc) is 2.29. The smallest absolute Gasteiger partial charge is 0.225 e. The van der Waals surface area contributed by atoms with Crippen molar-refractivity contribution in [2.75, 3.05) is 0 Å². The van der Waals surface area contributed by atoms with Gasteiger partial charge >= 0.3 is 0 Å². The number of rotatable bonds is 3. The predicted octanol–water partition coefficient (Wildman–Crippen LogP) is 3.99. The van der Waals surface area contributed by atoms with E-state index in [0.29, 0.717) is 17.0 Å². The van der Waals surface area contributed by atoms with Gasteiger partial charge in [-0.05, 0) is 35.7 Å². The van der Waals surface area contributed by atoms with Gasteiger partial charge in [-0.3, -0.25) is 0 Å². The molecule has 2 rings (SSSR count). The molecule has 0 bridgehead atoms. The Morgan fingerprint density at radius 3 is 2.35 bits per heavy atom.